The second-order valence-electron chi connectivity index (χ2n) is 2.99. The summed E-state index contributed by atoms with van der Waals surface area (Å²) in [4.78, 5) is 0. The summed E-state index contributed by atoms with van der Waals surface area (Å²) in [5, 5.41) is 7.73. The van der Waals surface area contributed by atoms with Crippen LogP contribution in [-0.2, 0) is 6.54 Å². The molecule has 0 saturated heterocycles. The van der Waals surface area contributed by atoms with Crippen molar-refractivity contribution >= 4 is 12.4 Å². The van der Waals surface area contributed by atoms with Crippen LogP contribution in [0.4, 0.5) is 0 Å². The number of nitrogens with zero attached hydrogens (tertiary/aromatic N) is 2. The van der Waals surface area contributed by atoms with E-state index in [1.165, 1.54) is 0 Å². The molecule has 15 heavy (non-hydrogen) atoms. The number of rotatable bonds is 2. The Labute approximate surface area is 93.9 Å². The first-order chi connectivity index (χ1) is 6.81. The van der Waals surface area contributed by atoms with E-state index in [4.69, 9.17) is 10.2 Å². The van der Waals surface area contributed by atoms with Gasteiger partial charge in [-0.3, -0.25) is 0 Å². The van der Waals surface area contributed by atoms with E-state index in [9.17, 15) is 0 Å². The number of halogens is 1. The van der Waals surface area contributed by atoms with Crippen LogP contribution in [0.3, 0.4) is 0 Å². The van der Waals surface area contributed by atoms with Crippen molar-refractivity contribution in [1.82, 2.24) is 10.2 Å². The highest BCUT2D eigenvalue weighted by molar-refractivity contribution is 5.85. The van der Waals surface area contributed by atoms with Crippen LogP contribution >= 0.6 is 12.4 Å². The fourth-order valence-corrected chi connectivity index (χ4v) is 1.31. The van der Waals surface area contributed by atoms with Crippen molar-refractivity contribution in [2.45, 2.75) is 13.5 Å². The third-order valence-electron chi connectivity index (χ3n) is 1.99. The quantitative estimate of drug-likeness (QED) is 0.848. The Morgan fingerprint density at radius 1 is 1.27 bits per heavy atom. The van der Waals surface area contributed by atoms with Crippen LogP contribution in [-0.4, -0.2) is 10.2 Å². The molecule has 0 aliphatic carbocycles. The van der Waals surface area contributed by atoms with Crippen molar-refractivity contribution < 1.29 is 4.42 Å². The highest BCUT2D eigenvalue weighted by atomic mass is 35.5. The van der Waals surface area contributed by atoms with Gasteiger partial charge >= 0.3 is 0 Å². The second-order valence-corrected chi connectivity index (χ2v) is 2.99. The maximum absolute atomic E-state index is 5.60. The SMILES string of the molecule is Cc1nnc(-c2ccccc2CN)o1.Cl. The van der Waals surface area contributed by atoms with E-state index >= 15 is 0 Å². The Morgan fingerprint density at radius 3 is 2.60 bits per heavy atom. The van der Waals surface area contributed by atoms with E-state index in [2.05, 4.69) is 10.2 Å². The number of hydrogen-bond donors (Lipinski definition) is 1. The normalized spacial score (nSPS) is 9.73. The van der Waals surface area contributed by atoms with E-state index < -0.39 is 0 Å². The fourth-order valence-electron chi connectivity index (χ4n) is 1.31. The molecule has 2 rings (SSSR count). The molecule has 0 unspecified atom stereocenters. The molecule has 2 N–H and O–H groups in total. The van der Waals surface area contributed by atoms with Crippen molar-refractivity contribution in [3.05, 3.63) is 35.7 Å². The minimum Gasteiger partial charge on any atom is -0.421 e. The number of aromatic nitrogens is 2. The summed E-state index contributed by atoms with van der Waals surface area (Å²) in [7, 11) is 0. The zero-order chi connectivity index (χ0) is 9.97. The predicted molar refractivity (Wildman–Crippen MR) is 59.6 cm³/mol. The lowest BCUT2D eigenvalue weighted by Gasteiger charge is -2.01. The molecule has 5 heteroatoms. The van der Waals surface area contributed by atoms with Gasteiger partial charge in [0.05, 0.1) is 0 Å². The predicted octanol–water partition coefficient (Wildman–Crippen LogP) is 1.93. The Bertz CT molecular complexity index is 442. The molecule has 4 nitrogen and oxygen atoms in total. The summed E-state index contributed by atoms with van der Waals surface area (Å²) in [6.07, 6.45) is 0. The highest BCUT2D eigenvalue weighted by Gasteiger charge is 2.08. The van der Waals surface area contributed by atoms with Gasteiger partial charge in [-0.1, -0.05) is 18.2 Å². The van der Waals surface area contributed by atoms with Crippen molar-refractivity contribution in [1.29, 1.82) is 0 Å². The smallest absolute Gasteiger partial charge is 0.248 e. The molecule has 1 heterocycles. The highest BCUT2D eigenvalue weighted by Crippen LogP contribution is 2.21. The molecule has 0 aliphatic heterocycles. The maximum Gasteiger partial charge on any atom is 0.248 e. The van der Waals surface area contributed by atoms with Crippen LogP contribution in [0.2, 0.25) is 0 Å². The van der Waals surface area contributed by atoms with Gasteiger partial charge in [0.1, 0.15) is 0 Å². The molecule has 0 radical (unpaired) electrons. The Kier molecular flexibility index (Phi) is 3.82. The molecule has 1 aromatic carbocycles. The van der Waals surface area contributed by atoms with Crippen molar-refractivity contribution in [3.63, 3.8) is 0 Å². The van der Waals surface area contributed by atoms with Crippen molar-refractivity contribution in [3.8, 4) is 11.5 Å². The van der Waals surface area contributed by atoms with E-state index in [0.29, 0.717) is 18.3 Å². The van der Waals surface area contributed by atoms with Gasteiger partial charge in [0.15, 0.2) is 0 Å². The monoisotopic (exact) mass is 225 g/mol. The van der Waals surface area contributed by atoms with Crippen LogP contribution in [0.5, 0.6) is 0 Å². The zero-order valence-electron chi connectivity index (χ0n) is 8.30. The van der Waals surface area contributed by atoms with Gasteiger partial charge in [0.25, 0.3) is 0 Å². The number of aryl methyl sites for hydroxylation is 1. The first kappa shape index (κ1) is 11.7. The van der Waals surface area contributed by atoms with E-state index in [1.807, 2.05) is 24.3 Å². The lowest BCUT2D eigenvalue weighted by Crippen LogP contribution is -1.98. The summed E-state index contributed by atoms with van der Waals surface area (Å²) < 4.78 is 5.33. The fraction of sp³-hybridized carbons (Fsp3) is 0.200. The summed E-state index contributed by atoms with van der Waals surface area (Å²) in [6.45, 7) is 2.24. The third kappa shape index (κ3) is 2.34. The first-order valence-electron chi connectivity index (χ1n) is 4.39. The van der Waals surface area contributed by atoms with Gasteiger partial charge in [-0.05, 0) is 11.6 Å². The molecule has 2 aromatic rings. The van der Waals surface area contributed by atoms with E-state index in [1.54, 1.807) is 6.92 Å². The molecular formula is C10H12ClN3O. The zero-order valence-corrected chi connectivity index (χ0v) is 9.12. The van der Waals surface area contributed by atoms with Gasteiger partial charge in [-0.25, -0.2) is 0 Å². The molecule has 0 fully saturated rings. The average Bonchev–Trinajstić information content (AvgIpc) is 2.65. The molecule has 1 aromatic heterocycles. The molecule has 80 valence electrons. The lowest BCUT2D eigenvalue weighted by atomic mass is 10.1. The second kappa shape index (κ2) is 4.91. The topological polar surface area (TPSA) is 64.9 Å². The number of benzene rings is 1. The molecule has 0 aliphatic rings. The van der Waals surface area contributed by atoms with Gasteiger partial charge in [-0.15, -0.1) is 22.6 Å². The van der Waals surface area contributed by atoms with Gasteiger partial charge in [-0.2, -0.15) is 0 Å². The standard InChI is InChI=1S/C10H11N3O.ClH/c1-7-12-13-10(14-7)9-5-3-2-4-8(9)6-11;/h2-5H,6,11H2,1H3;1H. The Morgan fingerprint density at radius 2 is 2.00 bits per heavy atom. The summed E-state index contributed by atoms with van der Waals surface area (Å²) >= 11 is 0. The lowest BCUT2D eigenvalue weighted by molar-refractivity contribution is 0.532. The van der Waals surface area contributed by atoms with Crippen LogP contribution in [0.25, 0.3) is 11.5 Å². The summed E-state index contributed by atoms with van der Waals surface area (Å²) in [6, 6.07) is 7.74. The molecule has 0 bridgehead atoms. The van der Waals surface area contributed by atoms with Crippen molar-refractivity contribution in [2.75, 3.05) is 0 Å². The average molecular weight is 226 g/mol. The molecule has 0 saturated carbocycles. The minimum atomic E-state index is 0. The van der Waals surface area contributed by atoms with Crippen LogP contribution in [0.1, 0.15) is 11.5 Å². The molecule has 0 atom stereocenters. The van der Waals surface area contributed by atoms with E-state index in [-0.39, 0.29) is 12.4 Å². The summed E-state index contributed by atoms with van der Waals surface area (Å²) in [5.41, 5.74) is 7.53. The maximum atomic E-state index is 5.60. The minimum absolute atomic E-state index is 0. The summed E-state index contributed by atoms with van der Waals surface area (Å²) in [5.74, 6) is 1.09. The third-order valence-corrected chi connectivity index (χ3v) is 1.99. The van der Waals surface area contributed by atoms with E-state index in [0.717, 1.165) is 11.1 Å². The van der Waals surface area contributed by atoms with Crippen molar-refractivity contribution in [2.24, 2.45) is 5.73 Å². The van der Waals surface area contributed by atoms with Crippen LogP contribution in [0, 0.1) is 6.92 Å². The Hall–Kier alpha value is -1.39. The molecule has 0 amide bonds. The van der Waals surface area contributed by atoms with Gasteiger partial charge < -0.3 is 10.2 Å². The van der Waals surface area contributed by atoms with Crippen LogP contribution < -0.4 is 5.73 Å². The first-order valence-corrected chi connectivity index (χ1v) is 4.39. The van der Waals surface area contributed by atoms with Gasteiger partial charge in [0, 0.05) is 19.0 Å². The number of hydrogen-bond acceptors (Lipinski definition) is 4. The molecular weight excluding hydrogens is 214 g/mol. The number of nitrogens with two attached hydrogens (primary N) is 1. The molecule has 0 spiro atoms. The Balaban J connectivity index is 0.00000112. The largest absolute Gasteiger partial charge is 0.421 e. The van der Waals surface area contributed by atoms with Crippen LogP contribution in [0.15, 0.2) is 28.7 Å². The van der Waals surface area contributed by atoms with Gasteiger partial charge in [0.2, 0.25) is 11.8 Å².